The largest absolute Gasteiger partial charge is 0.394 e. The molecule has 0 bridgehead atoms. The Morgan fingerprint density at radius 3 is 2.11 bits per heavy atom. The Hall–Kier alpha value is -2.03. The van der Waals surface area contributed by atoms with E-state index in [1.54, 1.807) is 11.8 Å². The minimum absolute atomic E-state index is 0.0845. The molecule has 0 saturated heterocycles. The van der Waals surface area contributed by atoms with Crippen molar-refractivity contribution in [3.63, 3.8) is 0 Å². The van der Waals surface area contributed by atoms with Gasteiger partial charge in [0.1, 0.15) is 0 Å². The lowest BCUT2D eigenvalue weighted by Crippen LogP contribution is -2.48. The van der Waals surface area contributed by atoms with Gasteiger partial charge >= 0.3 is 0 Å². The van der Waals surface area contributed by atoms with E-state index in [-0.39, 0.29) is 19.6 Å². The fraction of sp³-hybridized carbons (Fsp3) is 0.333. The van der Waals surface area contributed by atoms with Crippen molar-refractivity contribution in [2.75, 3.05) is 26.3 Å². The van der Waals surface area contributed by atoms with Crippen molar-refractivity contribution in [3.05, 3.63) is 59.7 Å². The molecule has 1 atom stereocenters. The highest BCUT2D eigenvalue weighted by Gasteiger charge is 2.27. The van der Waals surface area contributed by atoms with Crippen LogP contribution in [0.4, 0.5) is 0 Å². The van der Waals surface area contributed by atoms with E-state index in [9.17, 15) is 15.3 Å². The molecular weight excluding hydrogens is 374 g/mol. The summed E-state index contributed by atoms with van der Waals surface area (Å²) in [5.41, 5.74) is 7.34. The van der Waals surface area contributed by atoms with Gasteiger partial charge in [-0.1, -0.05) is 36.0 Å². The number of hydrogen-bond acceptors (Lipinski definition) is 7. The first-order valence-electron chi connectivity index (χ1n) is 9.14. The van der Waals surface area contributed by atoms with Gasteiger partial charge in [-0.25, -0.2) is 0 Å². The normalized spacial score (nSPS) is 15.4. The van der Waals surface area contributed by atoms with E-state index in [0.717, 1.165) is 34.2 Å². The second kappa shape index (κ2) is 9.45. The molecule has 148 valence electrons. The minimum atomic E-state index is -1.19. The van der Waals surface area contributed by atoms with Crippen LogP contribution in [0.25, 0.3) is 0 Å². The van der Waals surface area contributed by atoms with Gasteiger partial charge in [-0.15, -0.1) is 0 Å². The highest BCUT2D eigenvalue weighted by molar-refractivity contribution is 7.99. The molecular formula is C21H25N3O3S. The van der Waals surface area contributed by atoms with E-state index in [1.165, 1.54) is 0 Å². The van der Waals surface area contributed by atoms with Gasteiger partial charge in [0.05, 0.1) is 43.7 Å². The number of rotatable bonds is 8. The zero-order chi connectivity index (χ0) is 20.0. The molecule has 28 heavy (non-hydrogen) atoms. The van der Waals surface area contributed by atoms with Crippen molar-refractivity contribution in [3.8, 4) is 0 Å². The van der Waals surface area contributed by atoms with Crippen LogP contribution in [-0.4, -0.2) is 59.1 Å². The summed E-state index contributed by atoms with van der Waals surface area (Å²) in [5, 5.41) is 28.9. The summed E-state index contributed by atoms with van der Waals surface area (Å²) >= 11 is 1.63. The number of aliphatic imine (C=N–C) groups is 2. The molecule has 1 aliphatic rings. The van der Waals surface area contributed by atoms with Crippen LogP contribution in [0.3, 0.4) is 0 Å². The van der Waals surface area contributed by atoms with Crippen LogP contribution < -0.4 is 5.73 Å². The zero-order valence-corrected chi connectivity index (χ0v) is 16.3. The predicted molar refractivity (Wildman–Crippen MR) is 112 cm³/mol. The van der Waals surface area contributed by atoms with Crippen molar-refractivity contribution in [2.45, 2.75) is 27.9 Å². The Balaban J connectivity index is 1.62. The van der Waals surface area contributed by atoms with Crippen molar-refractivity contribution < 1.29 is 15.3 Å². The fourth-order valence-corrected chi connectivity index (χ4v) is 3.67. The molecule has 0 aliphatic carbocycles. The maximum absolute atomic E-state index is 10.3. The quantitative estimate of drug-likeness (QED) is 0.541. The molecule has 2 aromatic carbocycles. The SMILES string of the molecule is NC(CO)(CO)CC(O)c1ccc(Sc2ccc(C3=NCCN=C3)cc2)cc1. The molecule has 3 rings (SSSR count). The van der Waals surface area contributed by atoms with Crippen molar-refractivity contribution in [2.24, 2.45) is 15.7 Å². The molecule has 0 fully saturated rings. The van der Waals surface area contributed by atoms with Gasteiger partial charge in [0.25, 0.3) is 0 Å². The van der Waals surface area contributed by atoms with E-state index in [1.807, 2.05) is 42.6 Å². The fourth-order valence-electron chi connectivity index (χ4n) is 2.86. The second-order valence-corrected chi connectivity index (χ2v) is 8.04. The molecule has 1 unspecified atom stereocenters. The predicted octanol–water partition coefficient (Wildman–Crippen LogP) is 1.82. The number of nitrogens with two attached hydrogens (primary N) is 1. The van der Waals surface area contributed by atoms with Crippen molar-refractivity contribution >= 4 is 23.7 Å². The first-order chi connectivity index (χ1) is 13.5. The van der Waals surface area contributed by atoms with Gasteiger partial charge in [-0.3, -0.25) is 9.98 Å². The van der Waals surface area contributed by atoms with Crippen LogP contribution in [0.1, 0.15) is 23.7 Å². The van der Waals surface area contributed by atoms with E-state index in [2.05, 4.69) is 22.1 Å². The lowest BCUT2D eigenvalue weighted by atomic mass is 9.92. The first kappa shape index (κ1) is 20.7. The summed E-state index contributed by atoms with van der Waals surface area (Å²) in [6, 6.07) is 15.7. The minimum Gasteiger partial charge on any atom is -0.394 e. The molecule has 0 aromatic heterocycles. The third kappa shape index (κ3) is 5.27. The molecule has 0 amide bonds. The highest BCUT2D eigenvalue weighted by Crippen LogP contribution is 2.30. The first-order valence-corrected chi connectivity index (χ1v) is 9.96. The third-order valence-corrected chi connectivity index (χ3v) is 5.62. The number of hydrogen-bond donors (Lipinski definition) is 4. The molecule has 2 aromatic rings. The smallest absolute Gasteiger partial charge is 0.0825 e. The van der Waals surface area contributed by atoms with Gasteiger partial charge in [-0.05, 0) is 36.2 Å². The molecule has 5 N–H and O–H groups in total. The maximum atomic E-state index is 10.3. The van der Waals surface area contributed by atoms with Crippen molar-refractivity contribution in [1.82, 2.24) is 0 Å². The topological polar surface area (TPSA) is 111 Å². The molecule has 0 spiro atoms. The summed E-state index contributed by atoms with van der Waals surface area (Å²) in [5.74, 6) is 0. The Kier molecular flexibility index (Phi) is 6.98. The Morgan fingerprint density at radius 1 is 0.964 bits per heavy atom. The monoisotopic (exact) mass is 399 g/mol. The van der Waals surface area contributed by atoms with Gasteiger partial charge in [-0.2, -0.15) is 0 Å². The maximum Gasteiger partial charge on any atom is 0.0825 e. The van der Waals surface area contributed by atoms with Crippen LogP contribution >= 0.6 is 11.8 Å². The van der Waals surface area contributed by atoms with Gasteiger partial charge in [0.2, 0.25) is 0 Å². The Bertz CT molecular complexity index is 831. The summed E-state index contributed by atoms with van der Waals surface area (Å²) in [4.78, 5) is 10.9. The molecule has 0 saturated carbocycles. The van der Waals surface area contributed by atoms with Gasteiger partial charge in [0, 0.05) is 21.6 Å². The third-order valence-electron chi connectivity index (χ3n) is 4.61. The van der Waals surface area contributed by atoms with Crippen LogP contribution in [0, 0.1) is 0 Å². The van der Waals surface area contributed by atoms with Gasteiger partial charge in [0.15, 0.2) is 0 Å². The van der Waals surface area contributed by atoms with Crippen LogP contribution in [0.2, 0.25) is 0 Å². The lowest BCUT2D eigenvalue weighted by Gasteiger charge is -2.27. The average Bonchev–Trinajstić information content (AvgIpc) is 2.75. The van der Waals surface area contributed by atoms with Crippen LogP contribution in [0.15, 0.2) is 68.3 Å². The highest BCUT2D eigenvalue weighted by atomic mass is 32.2. The summed E-state index contributed by atoms with van der Waals surface area (Å²) < 4.78 is 0. The lowest BCUT2D eigenvalue weighted by molar-refractivity contribution is 0.0618. The van der Waals surface area contributed by atoms with Crippen LogP contribution in [-0.2, 0) is 0 Å². The molecule has 7 heteroatoms. The molecule has 0 radical (unpaired) electrons. The van der Waals surface area contributed by atoms with Crippen molar-refractivity contribution in [1.29, 1.82) is 0 Å². The summed E-state index contributed by atoms with van der Waals surface area (Å²) in [6.07, 6.45) is 1.06. The molecule has 6 nitrogen and oxygen atoms in total. The Labute approximate surface area is 168 Å². The average molecular weight is 400 g/mol. The number of benzene rings is 2. The summed E-state index contributed by atoms with van der Waals surface area (Å²) in [6.45, 7) is 0.725. The van der Waals surface area contributed by atoms with E-state index < -0.39 is 11.6 Å². The van der Waals surface area contributed by atoms with E-state index >= 15 is 0 Å². The number of aliphatic hydroxyl groups is 3. The number of nitrogens with zero attached hydrogens (tertiary/aromatic N) is 2. The standard InChI is InChI=1S/C21H25N3O3S/c22-21(13-25,14-26)11-20(27)16-3-7-18(8-4-16)28-17-5-1-15(2-6-17)19-12-23-9-10-24-19/h1-8,12,20,25-27H,9-11,13-14,22H2. The van der Waals surface area contributed by atoms with Crippen LogP contribution in [0.5, 0.6) is 0 Å². The van der Waals surface area contributed by atoms with E-state index in [4.69, 9.17) is 5.73 Å². The van der Waals surface area contributed by atoms with E-state index in [0.29, 0.717) is 5.56 Å². The Morgan fingerprint density at radius 2 is 1.57 bits per heavy atom. The molecule has 1 heterocycles. The van der Waals surface area contributed by atoms with Gasteiger partial charge < -0.3 is 21.1 Å². The second-order valence-electron chi connectivity index (χ2n) is 6.90. The molecule has 1 aliphatic heterocycles. The number of aliphatic hydroxyl groups excluding tert-OH is 3. The zero-order valence-electron chi connectivity index (χ0n) is 15.5. The summed E-state index contributed by atoms with van der Waals surface area (Å²) in [7, 11) is 0.